The molecule has 0 atom stereocenters. The zero-order chi connectivity index (χ0) is 21.4. The van der Waals surface area contributed by atoms with E-state index in [1.807, 2.05) is 20.8 Å². The zero-order valence-corrected chi connectivity index (χ0v) is 17.1. The maximum atomic E-state index is 13.1. The van der Waals surface area contributed by atoms with E-state index in [0.29, 0.717) is 50.4 Å². The number of fused-ring (bicyclic) bond motifs is 1. The summed E-state index contributed by atoms with van der Waals surface area (Å²) in [6, 6.07) is 2.76. The first-order valence-corrected chi connectivity index (χ1v) is 9.97. The molecule has 2 amide bonds. The third kappa shape index (κ3) is 5.77. The van der Waals surface area contributed by atoms with Crippen molar-refractivity contribution in [3.8, 4) is 5.75 Å². The van der Waals surface area contributed by atoms with E-state index in [4.69, 9.17) is 9.26 Å². The van der Waals surface area contributed by atoms with Crippen molar-refractivity contribution in [3.63, 3.8) is 0 Å². The second-order valence-corrected chi connectivity index (χ2v) is 6.71. The fraction of sp³-hybridized carbons (Fsp3) is 0.600. The minimum absolute atomic E-state index is 0.0574. The van der Waals surface area contributed by atoms with Crippen LogP contribution in [-0.4, -0.2) is 42.3 Å². The monoisotopic (exact) mass is 415 g/mol. The van der Waals surface area contributed by atoms with Crippen molar-refractivity contribution in [2.24, 2.45) is 0 Å². The standard InChI is InChI=1S/C20H28F3N3O3/c1-4-8-14-16(10-9-15-17(14)29-25-18(15)20(21,22)23)28-13-7-12-26(6-3)19(27)24-11-5-2/h9-10H,4-8,11-13H2,1-3H3,(H,24,27). The van der Waals surface area contributed by atoms with Crippen LogP contribution in [0.15, 0.2) is 16.7 Å². The van der Waals surface area contributed by atoms with E-state index in [-0.39, 0.29) is 17.0 Å². The number of halogens is 3. The summed E-state index contributed by atoms with van der Waals surface area (Å²) in [7, 11) is 0. The number of aryl methyl sites for hydroxylation is 1. The SMILES string of the molecule is CCCNC(=O)N(CC)CCCOc1ccc2c(C(F)(F)F)noc2c1CCC. The van der Waals surface area contributed by atoms with Gasteiger partial charge in [-0.15, -0.1) is 0 Å². The smallest absolute Gasteiger partial charge is 0.437 e. The van der Waals surface area contributed by atoms with E-state index in [1.165, 1.54) is 12.1 Å². The Morgan fingerprint density at radius 2 is 2.00 bits per heavy atom. The van der Waals surface area contributed by atoms with Crippen LogP contribution in [-0.2, 0) is 12.6 Å². The lowest BCUT2D eigenvalue weighted by Gasteiger charge is -2.21. The Labute approximate surface area is 168 Å². The van der Waals surface area contributed by atoms with Crippen LogP contribution in [0.4, 0.5) is 18.0 Å². The molecule has 0 spiro atoms. The Balaban J connectivity index is 2.06. The summed E-state index contributed by atoms with van der Waals surface area (Å²) in [4.78, 5) is 13.7. The number of rotatable bonds is 10. The summed E-state index contributed by atoms with van der Waals surface area (Å²) in [6.07, 6.45) is -1.87. The predicted molar refractivity (Wildman–Crippen MR) is 104 cm³/mol. The summed E-state index contributed by atoms with van der Waals surface area (Å²) in [6.45, 7) is 7.89. The van der Waals surface area contributed by atoms with Crippen LogP contribution in [0.25, 0.3) is 11.0 Å². The van der Waals surface area contributed by atoms with Gasteiger partial charge in [0.15, 0.2) is 11.3 Å². The first-order chi connectivity index (χ1) is 13.8. The highest BCUT2D eigenvalue weighted by atomic mass is 19.4. The molecule has 1 aromatic heterocycles. The van der Waals surface area contributed by atoms with E-state index in [2.05, 4.69) is 10.5 Å². The molecule has 162 valence electrons. The Kier molecular flexibility index (Phi) is 8.16. The van der Waals surface area contributed by atoms with Gasteiger partial charge in [-0.25, -0.2) is 4.79 Å². The Morgan fingerprint density at radius 3 is 2.62 bits per heavy atom. The number of hydrogen-bond donors (Lipinski definition) is 1. The summed E-state index contributed by atoms with van der Waals surface area (Å²) in [5.41, 5.74) is -0.320. The van der Waals surface area contributed by atoms with Gasteiger partial charge in [0.1, 0.15) is 5.75 Å². The maximum absolute atomic E-state index is 13.1. The summed E-state index contributed by atoms with van der Waals surface area (Å²) < 4.78 is 50.1. The van der Waals surface area contributed by atoms with Crippen LogP contribution >= 0.6 is 0 Å². The molecule has 29 heavy (non-hydrogen) atoms. The van der Waals surface area contributed by atoms with Gasteiger partial charge in [-0.1, -0.05) is 25.4 Å². The first-order valence-electron chi connectivity index (χ1n) is 9.97. The topological polar surface area (TPSA) is 67.6 Å². The quantitative estimate of drug-likeness (QED) is 0.554. The number of hydrogen-bond acceptors (Lipinski definition) is 4. The molecular weight excluding hydrogens is 387 g/mol. The fourth-order valence-electron chi connectivity index (χ4n) is 3.05. The van der Waals surface area contributed by atoms with Gasteiger partial charge in [0.25, 0.3) is 0 Å². The summed E-state index contributed by atoms with van der Waals surface area (Å²) in [5, 5.41) is 6.00. The molecule has 0 aliphatic rings. The average molecular weight is 415 g/mol. The van der Waals surface area contributed by atoms with E-state index < -0.39 is 11.9 Å². The normalized spacial score (nSPS) is 11.7. The number of carbonyl (C=O) groups excluding carboxylic acids is 1. The molecule has 2 aromatic rings. The number of carbonyl (C=O) groups is 1. The molecule has 1 heterocycles. The Hall–Kier alpha value is -2.45. The Bertz CT molecular complexity index is 805. The Morgan fingerprint density at radius 1 is 1.24 bits per heavy atom. The van der Waals surface area contributed by atoms with Crippen LogP contribution in [0.5, 0.6) is 5.75 Å². The molecule has 0 saturated carbocycles. The van der Waals surface area contributed by atoms with Crippen LogP contribution in [0.1, 0.15) is 51.3 Å². The van der Waals surface area contributed by atoms with Gasteiger partial charge in [0.2, 0.25) is 0 Å². The lowest BCUT2D eigenvalue weighted by Crippen LogP contribution is -2.41. The van der Waals surface area contributed by atoms with Gasteiger partial charge < -0.3 is 19.5 Å². The van der Waals surface area contributed by atoms with Crippen molar-refractivity contribution in [1.82, 2.24) is 15.4 Å². The number of amides is 2. The van der Waals surface area contributed by atoms with E-state index >= 15 is 0 Å². The van der Waals surface area contributed by atoms with Gasteiger partial charge in [-0.3, -0.25) is 0 Å². The van der Waals surface area contributed by atoms with Crippen molar-refractivity contribution in [2.45, 2.75) is 52.6 Å². The number of urea groups is 1. The number of alkyl halides is 3. The number of aromatic nitrogens is 1. The molecule has 0 saturated heterocycles. The molecule has 0 fully saturated rings. The average Bonchev–Trinajstić information content (AvgIpc) is 3.12. The highest BCUT2D eigenvalue weighted by molar-refractivity contribution is 5.85. The number of benzene rings is 1. The van der Waals surface area contributed by atoms with Crippen LogP contribution in [0.3, 0.4) is 0 Å². The molecular formula is C20H28F3N3O3. The molecule has 0 aliphatic carbocycles. The third-order valence-corrected chi connectivity index (χ3v) is 4.49. The highest BCUT2D eigenvalue weighted by Crippen LogP contribution is 2.38. The minimum atomic E-state index is -4.57. The van der Waals surface area contributed by atoms with Gasteiger partial charge in [-0.05, 0) is 38.3 Å². The molecule has 9 heteroatoms. The fourth-order valence-corrected chi connectivity index (χ4v) is 3.05. The lowest BCUT2D eigenvalue weighted by atomic mass is 10.0. The molecule has 0 aliphatic heterocycles. The minimum Gasteiger partial charge on any atom is -0.493 e. The molecule has 0 radical (unpaired) electrons. The van der Waals surface area contributed by atoms with Gasteiger partial charge in [0.05, 0.1) is 12.0 Å². The third-order valence-electron chi connectivity index (χ3n) is 4.49. The molecule has 6 nitrogen and oxygen atoms in total. The van der Waals surface area contributed by atoms with Crippen LogP contribution < -0.4 is 10.1 Å². The lowest BCUT2D eigenvalue weighted by molar-refractivity contribution is -0.141. The van der Waals surface area contributed by atoms with Crippen molar-refractivity contribution in [1.29, 1.82) is 0 Å². The molecule has 2 rings (SSSR count). The van der Waals surface area contributed by atoms with E-state index in [0.717, 1.165) is 12.8 Å². The van der Waals surface area contributed by atoms with Crippen molar-refractivity contribution < 1.29 is 27.2 Å². The van der Waals surface area contributed by atoms with Crippen molar-refractivity contribution >= 4 is 17.0 Å². The van der Waals surface area contributed by atoms with Crippen molar-refractivity contribution in [2.75, 3.05) is 26.2 Å². The highest BCUT2D eigenvalue weighted by Gasteiger charge is 2.37. The van der Waals surface area contributed by atoms with Crippen molar-refractivity contribution in [3.05, 3.63) is 23.4 Å². The zero-order valence-electron chi connectivity index (χ0n) is 17.1. The van der Waals surface area contributed by atoms with E-state index in [9.17, 15) is 18.0 Å². The molecule has 0 unspecified atom stereocenters. The predicted octanol–water partition coefficient (Wildman–Crippen LogP) is 5.01. The number of ether oxygens (including phenoxy) is 1. The second-order valence-electron chi connectivity index (χ2n) is 6.71. The summed E-state index contributed by atoms with van der Waals surface area (Å²) >= 11 is 0. The van der Waals surface area contributed by atoms with Gasteiger partial charge >= 0.3 is 12.2 Å². The molecule has 1 N–H and O–H groups in total. The largest absolute Gasteiger partial charge is 0.493 e. The van der Waals surface area contributed by atoms with Crippen LogP contribution in [0, 0.1) is 0 Å². The molecule has 0 bridgehead atoms. The van der Waals surface area contributed by atoms with Gasteiger partial charge in [-0.2, -0.15) is 13.2 Å². The van der Waals surface area contributed by atoms with Crippen LogP contribution in [0.2, 0.25) is 0 Å². The first kappa shape index (κ1) is 22.8. The summed E-state index contributed by atoms with van der Waals surface area (Å²) in [5.74, 6) is 0.489. The number of nitrogens with zero attached hydrogens (tertiary/aromatic N) is 2. The maximum Gasteiger partial charge on any atom is 0.437 e. The second kappa shape index (κ2) is 10.4. The molecule has 1 aromatic carbocycles. The van der Waals surface area contributed by atoms with Gasteiger partial charge in [0, 0.05) is 25.2 Å². The number of nitrogens with one attached hydrogen (secondary N) is 1. The van der Waals surface area contributed by atoms with E-state index in [1.54, 1.807) is 4.90 Å².